The van der Waals surface area contributed by atoms with Gasteiger partial charge in [0.25, 0.3) is 5.91 Å². The highest BCUT2D eigenvalue weighted by Gasteiger charge is 2.18. The van der Waals surface area contributed by atoms with Crippen LogP contribution in [0.15, 0.2) is 53.2 Å². The van der Waals surface area contributed by atoms with Crippen LogP contribution >= 0.6 is 11.8 Å². The van der Waals surface area contributed by atoms with Gasteiger partial charge in [-0.25, -0.2) is 4.98 Å². The molecule has 27 heavy (non-hydrogen) atoms. The van der Waals surface area contributed by atoms with Crippen molar-refractivity contribution >= 4 is 17.7 Å². The van der Waals surface area contributed by atoms with E-state index >= 15 is 0 Å². The van der Waals surface area contributed by atoms with Crippen molar-refractivity contribution in [2.75, 3.05) is 11.5 Å². The van der Waals surface area contributed by atoms with E-state index in [4.69, 9.17) is 9.26 Å². The number of amides is 1. The van der Waals surface area contributed by atoms with Gasteiger partial charge >= 0.3 is 0 Å². The van der Waals surface area contributed by atoms with Gasteiger partial charge in [0.15, 0.2) is 0 Å². The SMILES string of the molecule is O=C(NCc1nc(-c2ccccc2)no1)c1ccnc(OC2CCSC2)c1. The van der Waals surface area contributed by atoms with Gasteiger partial charge in [-0.3, -0.25) is 4.79 Å². The number of benzene rings is 1. The normalized spacial score (nSPS) is 16.2. The lowest BCUT2D eigenvalue weighted by atomic mass is 10.2. The van der Waals surface area contributed by atoms with Crippen molar-refractivity contribution in [3.05, 3.63) is 60.1 Å². The molecular formula is C19H18N4O3S. The number of carbonyl (C=O) groups is 1. The van der Waals surface area contributed by atoms with Gasteiger partial charge in [0.2, 0.25) is 17.6 Å². The van der Waals surface area contributed by atoms with Crippen LogP contribution in [0, 0.1) is 0 Å². The molecule has 138 valence electrons. The van der Waals surface area contributed by atoms with Crippen molar-refractivity contribution in [3.8, 4) is 17.3 Å². The number of thioether (sulfide) groups is 1. The Morgan fingerprint density at radius 1 is 1.30 bits per heavy atom. The van der Waals surface area contributed by atoms with Crippen LogP contribution in [0.3, 0.4) is 0 Å². The van der Waals surface area contributed by atoms with Crippen LogP contribution in [-0.4, -0.2) is 38.6 Å². The standard InChI is InChI=1S/C19H18N4O3S/c24-19(14-6-8-20-16(10-14)25-15-7-9-27-12-15)21-11-17-22-18(23-26-17)13-4-2-1-3-5-13/h1-6,8,10,15H,7,9,11-12H2,(H,21,24). The molecule has 0 radical (unpaired) electrons. The molecule has 1 unspecified atom stereocenters. The Morgan fingerprint density at radius 3 is 3.00 bits per heavy atom. The summed E-state index contributed by atoms with van der Waals surface area (Å²) in [5, 5.41) is 6.72. The molecule has 3 heterocycles. The Kier molecular flexibility index (Phi) is 5.34. The molecule has 1 fully saturated rings. The summed E-state index contributed by atoms with van der Waals surface area (Å²) in [6.45, 7) is 0.149. The summed E-state index contributed by atoms with van der Waals surface area (Å²) < 4.78 is 11.0. The van der Waals surface area contributed by atoms with Crippen molar-refractivity contribution < 1.29 is 14.1 Å². The molecule has 3 aromatic rings. The van der Waals surface area contributed by atoms with Gasteiger partial charge in [-0.05, 0) is 18.2 Å². The second-order valence-electron chi connectivity index (χ2n) is 6.05. The molecule has 1 aromatic carbocycles. The Labute approximate surface area is 160 Å². The Bertz CT molecular complexity index is 910. The third kappa shape index (κ3) is 4.46. The fourth-order valence-corrected chi connectivity index (χ4v) is 3.77. The van der Waals surface area contributed by atoms with Crippen LogP contribution in [0.4, 0.5) is 0 Å². The Morgan fingerprint density at radius 2 is 2.19 bits per heavy atom. The third-order valence-corrected chi connectivity index (χ3v) is 5.20. The topological polar surface area (TPSA) is 90.1 Å². The van der Waals surface area contributed by atoms with E-state index in [1.807, 2.05) is 42.1 Å². The van der Waals surface area contributed by atoms with E-state index in [0.717, 1.165) is 23.5 Å². The second kappa shape index (κ2) is 8.22. The van der Waals surface area contributed by atoms with Gasteiger partial charge in [-0.15, -0.1) is 0 Å². The number of nitrogens with one attached hydrogen (secondary N) is 1. The molecule has 0 saturated carbocycles. The summed E-state index contributed by atoms with van der Waals surface area (Å²) in [7, 11) is 0. The molecule has 4 rings (SSSR count). The molecule has 0 spiro atoms. The van der Waals surface area contributed by atoms with Crippen LogP contribution in [0.25, 0.3) is 11.4 Å². The highest BCUT2D eigenvalue weighted by molar-refractivity contribution is 7.99. The van der Waals surface area contributed by atoms with Crippen molar-refractivity contribution in [2.24, 2.45) is 0 Å². The number of nitrogens with zero attached hydrogens (tertiary/aromatic N) is 3. The zero-order valence-corrected chi connectivity index (χ0v) is 15.3. The lowest BCUT2D eigenvalue weighted by Gasteiger charge is -2.11. The van der Waals surface area contributed by atoms with Gasteiger partial charge in [-0.1, -0.05) is 35.5 Å². The van der Waals surface area contributed by atoms with Gasteiger partial charge in [-0.2, -0.15) is 16.7 Å². The van der Waals surface area contributed by atoms with Crippen molar-refractivity contribution in [1.82, 2.24) is 20.4 Å². The molecule has 2 aromatic heterocycles. The number of ether oxygens (including phenoxy) is 1. The highest BCUT2D eigenvalue weighted by Crippen LogP contribution is 2.22. The van der Waals surface area contributed by atoms with E-state index in [0.29, 0.717) is 23.2 Å². The summed E-state index contributed by atoms with van der Waals surface area (Å²) in [5.74, 6) is 3.12. The average molecular weight is 382 g/mol. The summed E-state index contributed by atoms with van der Waals surface area (Å²) in [6.07, 6.45) is 2.74. The molecule has 0 bridgehead atoms. The van der Waals surface area contributed by atoms with Crippen molar-refractivity contribution in [2.45, 2.75) is 19.1 Å². The van der Waals surface area contributed by atoms with E-state index in [1.165, 1.54) is 0 Å². The molecule has 1 N–H and O–H groups in total. The van der Waals surface area contributed by atoms with Crippen LogP contribution in [-0.2, 0) is 6.54 Å². The molecule has 1 atom stereocenters. The molecule has 1 aliphatic rings. The van der Waals surface area contributed by atoms with Crippen LogP contribution in [0.5, 0.6) is 5.88 Å². The summed E-state index contributed by atoms with van der Waals surface area (Å²) in [4.78, 5) is 20.9. The smallest absolute Gasteiger partial charge is 0.251 e. The zero-order valence-electron chi connectivity index (χ0n) is 14.5. The number of aromatic nitrogens is 3. The second-order valence-corrected chi connectivity index (χ2v) is 7.20. The number of hydrogen-bond acceptors (Lipinski definition) is 7. The maximum absolute atomic E-state index is 12.4. The molecule has 7 nitrogen and oxygen atoms in total. The van der Waals surface area contributed by atoms with Crippen molar-refractivity contribution in [1.29, 1.82) is 0 Å². The van der Waals surface area contributed by atoms with Gasteiger partial charge in [0.1, 0.15) is 6.10 Å². The maximum atomic E-state index is 12.4. The van der Waals surface area contributed by atoms with Crippen LogP contribution in [0.1, 0.15) is 22.7 Å². The van der Waals surface area contributed by atoms with Crippen molar-refractivity contribution in [3.63, 3.8) is 0 Å². The predicted molar refractivity (Wildman–Crippen MR) is 101 cm³/mol. The van der Waals surface area contributed by atoms with Crippen LogP contribution in [0.2, 0.25) is 0 Å². The summed E-state index contributed by atoms with van der Waals surface area (Å²) >= 11 is 1.86. The molecule has 0 aliphatic carbocycles. The largest absolute Gasteiger partial charge is 0.473 e. The van der Waals surface area contributed by atoms with Gasteiger partial charge < -0.3 is 14.6 Å². The maximum Gasteiger partial charge on any atom is 0.251 e. The quantitative estimate of drug-likeness (QED) is 0.701. The summed E-state index contributed by atoms with van der Waals surface area (Å²) in [5.41, 5.74) is 1.34. The Balaban J connectivity index is 1.36. The number of carbonyl (C=O) groups excluding carboxylic acids is 1. The number of rotatable bonds is 6. The fourth-order valence-electron chi connectivity index (χ4n) is 2.68. The predicted octanol–water partition coefficient (Wildman–Crippen LogP) is 2.95. The number of pyridine rings is 1. The summed E-state index contributed by atoms with van der Waals surface area (Å²) in [6, 6.07) is 12.8. The zero-order chi connectivity index (χ0) is 18.5. The Hall–Kier alpha value is -2.87. The first-order valence-corrected chi connectivity index (χ1v) is 9.80. The van der Waals surface area contributed by atoms with Crippen LogP contribution < -0.4 is 10.1 Å². The molecule has 8 heteroatoms. The molecule has 1 aliphatic heterocycles. The lowest BCUT2D eigenvalue weighted by molar-refractivity contribution is 0.0945. The van der Waals surface area contributed by atoms with Gasteiger partial charge in [0, 0.05) is 29.1 Å². The third-order valence-electron chi connectivity index (χ3n) is 4.07. The molecule has 1 saturated heterocycles. The molecular weight excluding hydrogens is 364 g/mol. The highest BCUT2D eigenvalue weighted by atomic mass is 32.2. The molecule has 1 amide bonds. The minimum absolute atomic E-state index is 0.149. The van der Waals surface area contributed by atoms with E-state index in [2.05, 4.69) is 20.4 Å². The van der Waals surface area contributed by atoms with E-state index < -0.39 is 0 Å². The lowest BCUT2D eigenvalue weighted by Crippen LogP contribution is -2.23. The fraction of sp³-hybridized carbons (Fsp3) is 0.263. The van der Waals surface area contributed by atoms with E-state index in [-0.39, 0.29) is 18.6 Å². The van der Waals surface area contributed by atoms with Gasteiger partial charge in [0.05, 0.1) is 6.54 Å². The van der Waals surface area contributed by atoms with E-state index in [9.17, 15) is 4.79 Å². The monoisotopic (exact) mass is 382 g/mol. The minimum Gasteiger partial charge on any atom is -0.473 e. The minimum atomic E-state index is -0.248. The first-order valence-electron chi connectivity index (χ1n) is 8.64. The van der Waals surface area contributed by atoms with E-state index in [1.54, 1.807) is 18.3 Å². The first-order chi connectivity index (χ1) is 13.3. The first kappa shape index (κ1) is 17.5. The number of hydrogen-bond donors (Lipinski definition) is 1. The average Bonchev–Trinajstić information content (AvgIpc) is 3.39.